The average Bonchev–Trinajstić information content (AvgIpc) is 3.55. The lowest BCUT2D eigenvalue weighted by atomic mass is 10.1. The number of rotatable bonds is 9. The fourth-order valence-electron chi connectivity index (χ4n) is 3.68. The van der Waals surface area contributed by atoms with Gasteiger partial charge in [0.15, 0.2) is 11.5 Å². The highest BCUT2D eigenvalue weighted by Gasteiger charge is 2.25. The van der Waals surface area contributed by atoms with Crippen LogP contribution in [0.15, 0.2) is 59.3 Å². The number of hydrogen-bond donors (Lipinski definition) is 0. The van der Waals surface area contributed by atoms with Gasteiger partial charge in [-0.3, -0.25) is 9.59 Å². The summed E-state index contributed by atoms with van der Waals surface area (Å²) in [5, 5.41) is 0. The molecule has 0 saturated heterocycles. The predicted octanol–water partition coefficient (Wildman–Crippen LogP) is 3.43. The van der Waals surface area contributed by atoms with Gasteiger partial charge in [0.2, 0.25) is 12.7 Å². The Kier molecular flexibility index (Phi) is 6.49. The van der Waals surface area contributed by atoms with E-state index in [1.807, 2.05) is 42.9 Å². The quantitative estimate of drug-likeness (QED) is 0.513. The highest BCUT2D eigenvalue weighted by Crippen LogP contribution is 2.32. The van der Waals surface area contributed by atoms with Gasteiger partial charge in [0.05, 0.1) is 19.4 Å². The minimum Gasteiger partial charge on any atom is -0.467 e. The van der Waals surface area contributed by atoms with E-state index in [-0.39, 0.29) is 25.2 Å². The van der Waals surface area contributed by atoms with Gasteiger partial charge in [-0.25, -0.2) is 0 Å². The first kappa shape index (κ1) is 21.5. The summed E-state index contributed by atoms with van der Waals surface area (Å²) in [6, 6.07) is 12.7. The zero-order valence-corrected chi connectivity index (χ0v) is 18.3. The van der Waals surface area contributed by atoms with Crippen molar-refractivity contribution in [1.29, 1.82) is 0 Å². The molecule has 0 N–H and O–H groups in total. The monoisotopic (exact) mass is 437 g/mol. The van der Waals surface area contributed by atoms with Crippen LogP contribution in [0.25, 0.3) is 0 Å². The van der Waals surface area contributed by atoms with Crippen molar-refractivity contribution in [3.63, 3.8) is 0 Å². The van der Waals surface area contributed by atoms with Crippen molar-refractivity contribution >= 4 is 11.8 Å². The number of aromatic nitrogens is 1. The van der Waals surface area contributed by atoms with E-state index in [0.29, 0.717) is 42.5 Å². The summed E-state index contributed by atoms with van der Waals surface area (Å²) < 4.78 is 18.2. The SMILES string of the molecule is CCCN(CC(=O)N(Cc1ccco1)Cc1cccn1C)C(=O)c1ccc2c(c1)OCO2. The molecule has 2 amide bonds. The lowest BCUT2D eigenvalue weighted by molar-refractivity contribution is -0.133. The maximum absolute atomic E-state index is 13.4. The van der Waals surface area contributed by atoms with Crippen molar-refractivity contribution in [2.24, 2.45) is 7.05 Å². The van der Waals surface area contributed by atoms with Crippen molar-refractivity contribution in [2.45, 2.75) is 26.4 Å². The number of aryl methyl sites for hydroxylation is 1. The van der Waals surface area contributed by atoms with Crippen LogP contribution < -0.4 is 9.47 Å². The Hall–Kier alpha value is -3.68. The number of hydrogen-bond acceptors (Lipinski definition) is 5. The highest BCUT2D eigenvalue weighted by atomic mass is 16.7. The van der Waals surface area contributed by atoms with E-state index in [4.69, 9.17) is 13.9 Å². The van der Waals surface area contributed by atoms with E-state index in [1.165, 1.54) is 0 Å². The minimum absolute atomic E-state index is 0.0216. The highest BCUT2D eigenvalue weighted by molar-refractivity contribution is 5.97. The van der Waals surface area contributed by atoms with Crippen LogP contribution in [0.3, 0.4) is 0 Å². The van der Waals surface area contributed by atoms with Crippen LogP contribution in [-0.2, 0) is 24.9 Å². The van der Waals surface area contributed by atoms with Gasteiger partial charge in [0, 0.05) is 31.0 Å². The fraction of sp³-hybridized carbons (Fsp3) is 0.333. The van der Waals surface area contributed by atoms with Gasteiger partial charge >= 0.3 is 0 Å². The van der Waals surface area contributed by atoms with E-state index in [0.717, 1.165) is 12.1 Å². The molecule has 32 heavy (non-hydrogen) atoms. The molecule has 0 radical (unpaired) electrons. The van der Waals surface area contributed by atoms with Crippen molar-refractivity contribution in [3.05, 3.63) is 71.9 Å². The maximum Gasteiger partial charge on any atom is 0.254 e. The smallest absolute Gasteiger partial charge is 0.254 e. The summed E-state index contributed by atoms with van der Waals surface area (Å²) >= 11 is 0. The topological polar surface area (TPSA) is 77.2 Å². The summed E-state index contributed by atoms with van der Waals surface area (Å²) in [6.07, 6.45) is 4.27. The molecule has 4 rings (SSSR count). The van der Waals surface area contributed by atoms with Gasteiger partial charge < -0.3 is 28.3 Å². The molecule has 0 atom stereocenters. The second-order valence-corrected chi connectivity index (χ2v) is 7.73. The van der Waals surface area contributed by atoms with Gasteiger partial charge in [0.1, 0.15) is 12.3 Å². The summed E-state index contributed by atoms with van der Waals surface area (Å²) in [5.41, 5.74) is 1.46. The van der Waals surface area contributed by atoms with Crippen molar-refractivity contribution in [1.82, 2.24) is 14.4 Å². The first-order valence-corrected chi connectivity index (χ1v) is 10.6. The molecule has 0 unspecified atom stereocenters. The van der Waals surface area contributed by atoms with Crippen molar-refractivity contribution in [2.75, 3.05) is 19.9 Å². The molecule has 0 spiro atoms. The molecule has 0 aliphatic carbocycles. The van der Waals surface area contributed by atoms with E-state index in [2.05, 4.69) is 0 Å². The lowest BCUT2D eigenvalue weighted by Gasteiger charge is -2.27. The number of nitrogens with zero attached hydrogens (tertiary/aromatic N) is 3. The molecule has 3 aromatic rings. The van der Waals surface area contributed by atoms with Crippen LogP contribution in [0.4, 0.5) is 0 Å². The Morgan fingerprint density at radius 1 is 1.03 bits per heavy atom. The number of benzene rings is 1. The standard InChI is InChI=1S/C24H27N3O5/c1-3-10-26(24(29)18-8-9-21-22(13-18)32-17-31-21)16-23(28)27(15-20-7-5-12-30-20)14-19-6-4-11-25(19)2/h4-9,11-13H,3,10,14-17H2,1-2H3. The number of carbonyl (C=O) groups excluding carboxylic acids is 2. The van der Waals surface area contributed by atoms with Gasteiger partial charge in [-0.15, -0.1) is 0 Å². The van der Waals surface area contributed by atoms with Crippen molar-refractivity contribution < 1.29 is 23.5 Å². The fourth-order valence-corrected chi connectivity index (χ4v) is 3.68. The van der Waals surface area contributed by atoms with Crippen LogP contribution in [0.1, 0.15) is 35.2 Å². The number of fused-ring (bicyclic) bond motifs is 1. The molecule has 1 aliphatic rings. The third-order valence-corrected chi connectivity index (χ3v) is 5.41. The third-order valence-electron chi connectivity index (χ3n) is 5.41. The van der Waals surface area contributed by atoms with Crippen LogP contribution in [0.2, 0.25) is 0 Å². The predicted molar refractivity (Wildman–Crippen MR) is 117 cm³/mol. The van der Waals surface area contributed by atoms with E-state index in [1.54, 1.807) is 40.3 Å². The van der Waals surface area contributed by atoms with Crippen LogP contribution in [-0.4, -0.2) is 46.1 Å². The van der Waals surface area contributed by atoms with Crippen LogP contribution in [0, 0.1) is 0 Å². The zero-order valence-electron chi connectivity index (χ0n) is 18.3. The number of carbonyl (C=O) groups is 2. The average molecular weight is 437 g/mol. The summed E-state index contributed by atoms with van der Waals surface area (Å²) in [5.74, 6) is 1.49. The first-order valence-electron chi connectivity index (χ1n) is 10.6. The Bertz CT molecular complexity index is 1070. The van der Waals surface area contributed by atoms with Crippen molar-refractivity contribution in [3.8, 4) is 11.5 Å². The number of amides is 2. The second-order valence-electron chi connectivity index (χ2n) is 7.73. The normalized spacial score (nSPS) is 12.1. The van der Waals surface area contributed by atoms with Gasteiger partial charge in [-0.2, -0.15) is 0 Å². The van der Waals surface area contributed by atoms with E-state index >= 15 is 0 Å². The van der Waals surface area contributed by atoms with Gasteiger partial charge in [-0.05, 0) is 48.9 Å². The minimum atomic E-state index is -0.213. The second kappa shape index (κ2) is 9.64. The molecule has 2 aromatic heterocycles. The molecule has 1 aliphatic heterocycles. The van der Waals surface area contributed by atoms with Gasteiger partial charge in [0.25, 0.3) is 5.91 Å². The molecule has 0 fully saturated rings. The Morgan fingerprint density at radius 2 is 1.88 bits per heavy atom. The molecule has 168 valence electrons. The largest absolute Gasteiger partial charge is 0.467 e. The molecule has 8 nitrogen and oxygen atoms in total. The summed E-state index contributed by atoms with van der Waals surface area (Å²) in [6.45, 7) is 3.32. The zero-order chi connectivity index (χ0) is 22.5. The Morgan fingerprint density at radius 3 is 2.59 bits per heavy atom. The molecule has 8 heteroatoms. The summed E-state index contributed by atoms with van der Waals surface area (Å²) in [7, 11) is 1.94. The molecular formula is C24H27N3O5. The van der Waals surface area contributed by atoms with E-state index in [9.17, 15) is 9.59 Å². The lowest BCUT2D eigenvalue weighted by Crippen LogP contribution is -2.43. The van der Waals surface area contributed by atoms with Crippen LogP contribution >= 0.6 is 0 Å². The Labute approximate surface area is 186 Å². The summed E-state index contributed by atoms with van der Waals surface area (Å²) in [4.78, 5) is 29.9. The maximum atomic E-state index is 13.4. The molecule has 3 heterocycles. The number of furan rings is 1. The molecule has 1 aromatic carbocycles. The first-order chi connectivity index (χ1) is 15.5. The number of ether oxygens (including phenoxy) is 2. The van der Waals surface area contributed by atoms with E-state index < -0.39 is 0 Å². The molecule has 0 bridgehead atoms. The molecular weight excluding hydrogens is 410 g/mol. The third kappa shape index (κ3) is 4.80. The van der Waals surface area contributed by atoms with Gasteiger partial charge in [-0.1, -0.05) is 6.92 Å². The Balaban J connectivity index is 1.52. The molecule has 0 saturated carbocycles. The van der Waals surface area contributed by atoms with Crippen LogP contribution in [0.5, 0.6) is 11.5 Å².